The van der Waals surface area contributed by atoms with Gasteiger partial charge in [0.25, 0.3) is 0 Å². The first kappa shape index (κ1) is 14.0. The van der Waals surface area contributed by atoms with Gasteiger partial charge in [-0.15, -0.1) is 5.10 Å². The van der Waals surface area contributed by atoms with Gasteiger partial charge in [0.15, 0.2) is 5.69 Å². The van der Waals surface area contributed by atoms with Gasteiger partial charge in [-0.05, 0) is 18.6 Å². The molecule has 1 aromatic heterocycles. The van der Waals surface area contributed by atoms with Crippen LogP contribution in [0.3, 0.4) is 0 Å². The number of aromatic carboxylic acids is 1. The number of rotatable bonds is 4. The Bertz CT molecular complexity index is 648. The zero-order chi connectivity index (χ0) is 14.8. The van der Waals surface area contributed by atoms with Gasteiger partial charge in [0.1, 0.15) is 5.69 Å². The van der Waals surface area contributed by atoms with E-state index in [1.807, 2.05) is 0 Å². The number of nitrogens with zero attached hydrogens (tertiary/aromatic N) is 3. The van der Waals surface area contributed by atoms with Gasteiger partial charge in [-0.1, -0.05) is 28.9 Å². The minimum Gasteiger partial charge on any atom is -0.476 e. The number of benzene rings is 1. The Hall–Kier alpha value is -1.92. The average Bonchev–Trinajstić information content (AvgIpc) is 3.10. The summed E-state index contributed by atoms with van der Waals surface area (Å²) < 4.78 is 6.99. The molecule has 0 bridgehead atoms. The van der Waals surface area contributed by atoms with E-state index in [0.29, 0.717) is 29.8 Å². The summed E-state index contributed by atoms with van der Waals surface area (Å²) >= 11 is 5.88. The van der Waals surface area contributed by atoms with E-state index in [1.165, 1.54) is 0 Å². The van der Waals surface area contributed by atoms with E-state index in [2.05, 4.69) is 10.3 Å². The van der Waals surface area contributed by atoms with Crippen LogP contribution in [0.2, 0.25) is 5.02 Å². The van der Waals surface area contributed by atoms with Crippen molar-refractivity contribution in [3.63, 3.8) is 0 Å². The van der Waals surface area contributed by atoms with Crippen LogP contribution in [0.1, 0.15) is 16.9 Å². The van der Waals surface area contributed by atoms with Crippen molar-refractivity contribution in [2.24, 2.45) is 5.92 Å². The van der Waals surface area contributed by atoms with Gasteiger partial charge in [-0.3, -0.25) is 0 Å². The summed E-state index contributed by atoms with van der Waals surface area (Å²) in [5.74, 6) is -0.756. The summed E-state index contributed by atoms with van der Waals surface area (Å²) in [4.78, 5) is 11.3. The summed E-state index contributed by atoms with van der Waals surface area (Å²) in [6, 6.07) is 6.99. The third kappa shape index (κ3) is 2.91. The molecule has 0 spiro atoms. The van der Waals surface area contributed by atoms with Crippen LogP contribution in [0, 0.1) is 5.92 Å². The normalized spacial score (nSPS) is 18.0. The Labute approximate surface area is 126 Å². The van der Waals surface area contributed by atoms with Crippen molar-refractivity contribution in [3.05, 3.63) is 35.0 Å². The highest BCUT2D eigenvalue weighted by atomic mass is 35.5. The van der Waals surface area contributed by atoms with Crippen LogP contribution in [0.25, 0.3) is 11.3 Å². The number of aromatic nitrogens is 3. The summed E-state index contributed by atoms with van der Waals surface area (Å²) in [5.41, 5.74) is 1.20. The molecule has 1 saturated heterocycles. The molecule has 0 radical (unpaired) electrons. The summed E-state index contributed by atoms with van der Waals surface area (Å²) in [6.45, 7) is 2.00. The van der Waals surface area contributed by atoms with E-state index in [-0.39, 0.29) is 5.69 Å². The summed E-state index contributed by atoms with van der Waals surface area (Å²) in [6.07, 6.45) is 0.947. The Morgan fingerprint density at radius 2 is 2.19 bits per heavy atom. The summed E-state index contributed by atoms with van der Waals surface area (Å²) in [5, 5.41) is 17.7. The van der Waals surface area contributed by atoms with Crippen LogP contribution in [0.15, 0.2) is 24.3 Å². The number of carboxylic acid groups (broad SMARTS) is 1. The molecule has 0 aliphatic carbocycles. The number of hydrogen-bond acceptors (Lipinski definition) is 4. The fraction of sp³-hybridized carbons (Fsp3) is 0.357. The number of hydrogen-bond donors (Lipinski definition) is 1. The lowest BCUT2D eigenvalue weighted by molar-refractivity contribution is 0.0691. The van der Waals surface area contributed by atoms with Crippen LogP contribution in [-0.2, 0) is 11.3 Å². The largest absolute Gasteiger partial charge is 0.476 e. The zero-order valence-electron chi connectivity index (χ0n) is 11.2. The molecular weight excluding hydrogens is 294 g/mol. The van der Waals surface area contributed by atoms with Crippen molar-refractivity contribution in [3.8, 4) is 11.3 Å². The molecule has 1 aromatic carbocycles. The Morgan fingerprint density at radius 3 is 2.81 bits per heavy atom. The van der Waals surface area contributed by atoms with E-state index in [9.17, 15) is 9.90 Å². The molecule has 1 aliphatic rings. The van der Waals surface area contributed by atoms with Gasteiger partial charge < -0.3 is 9.84 Å². The Morgan fingerprint density at radius 1 is 1.43 bits per heavy atom. The first-order valence-corrected chi connectivity index (χ1v) is 7.03. The maximum Gasteiger partial charge on any atom is 0.358 e. The van der Waals surface area contributed by atoms with Crippen LogP contribution >= 0.6 is 11.6 Å². The molecular formula is C14H14ClN3O3. The van der Waals surface area contributed by atoms with Gasteiger partial charge in [-0.25, -0.2) is 9.48 Å². The Kier molecular flexibility index (Phi) is 3.90. The van der Waals surface area contributed by atoms with Crippen LogP contribution < -0.4 is 0 Å². The lowest BCUT2D eigenvalue weighted by Crippen LogP contribution is -2.13. The quantitative estimate of drug-likeness (QED) is 0.938. The number of carbonyl (C=O) groups is 1. The molecule has 6 nitrogen and oxygen atoms in total. The van der Waals surface area contributed by atoms with Gasteiger partial charge in [0.2, 0.25) is 0 Å². The second-order valence-electron chi connectivity index (χ2n) is 5.01. The van der Waals surface area contributed by atoms with Gasteiger partial charge >= 0.3 is 5.97 Å². The van der Waals surface area contributed by atoms with E-state index < -0.39 is 5.97 Å². The predicted octanol–water partition coefficient (Wildman–Crippen LogP) is 2.33. The molecule has 2 heterocycles. The monoisotopic (exact) mass is 307 g/mol. The molecule has 1 N–H and O–H groups in total. The molecule has 7 heteroatoms. The molecule has 1 unspecified atom stereocenters. The minimum atomic E-state index is -1.09. The van der Waals surface area contributed by atoms with Crippen molar-refractivity contribution in [1.82, 2.24) is 15.0 Å². The fourth-order valence-electron chi connectivity index (χ4n) is 2.45. The van der Waals surface area contributed by atoms with Crippen LogP contribution in [0.4, 0.5) is 0 Å². The van der Waals surface area contributed by atoms with Crippen LogP contribution in [0.5, 0.6) is 0 Å². The topological polar surface area (TPSA) is 77.2 Å². The first-order valence-electron chi connectivity index (χ1n) is 6.65. The lowest BCUT2D eigenvalue weighted by atomic mass is 10.1. The molecule has 0 saturated carbocycles. The molecule has 1 fully saturated rings. The van der Waals surface area contributed by atoms with E-state index in [1.54, 1.807) is 28.9 Å². The van der Waals surface area contributed by atoms with E-state index in [0.717, 1.165) is 18.6 Å². The second-order valence-corrected chi connectivity index (χ2v) is 5.45. The fourth-order valence-corrected chi connectivity index (χ4v) is 2.58. The smallest absolute Gasteiger partial charge is 0.358 e. The van der Waals surface area contributed by atoms with Gasteiger partial charge in [0.05, 0.1) is 6.61 Å². The third-order valence-corrected chi connectivity index (χ3v) is 3.76. The maximum atomic E-state index is 11.3. The van der Waals surface area contributed by atoms with Crippen molar-refractivity contribution in [2.75, 3.05) is 13.2 Å². The van der Waals surface area contributed by atoms with E-state index in [4.69, 9.17) is 16.3 Å². The van der Waals surface area contributed by atoms with Gasteiger partial charge in [-0.2, -0.15) is 0 Å². The number of carboxylic acids is 1. The highest BCUT2D eigenvalue weighted by molar-refractivity contribution is 6.30. The molecule has 110 valence electrons. The van der Waals surface area contributed by atoms with E-state index >= 15 is 0 Å². The molecule has 0 amide bonds. The summed E-state index contributed by atoms with van der Waals surface area (Å²) in [7, 11) is 0. The minimum absolute atomic E-state index is 0.0452. The third-order valence-electron chi connectivity index (χ3n) is 3.51. The van der Waals surface area contributed by atoms with Crippen LogP contribution in [-0.4, -0.2) is 39.3 Å². The first-order chi connectivity index (χ1) is 10.1. The molecule has 2 aromatic rings. The number of ether oxygens (including phenoxy) is 1. The standard InChI is InChI=1S/C14H14ClN3O3/c15-11-3-1-10(2-4-11)13-12(14(19)20)16-17-18(13)7-9-5-6-21-8-9/h1-4,9H,5-8H2,(H,19,20). The van der Waals surface area contributed by atoms with Crippen molar-refractivity contribution < 1.29 is 14.6 Å². The molecule has 3 rings (SSSR count). The van der Waals surface area contributed by atoms with Gasteiger partial charge in [0, 0.05) is 29.7 Å². The number of halogens is 1. The van der Waals surface area contributed by atoms with Crippen molar-refractivity contribution in [2.45, 2.75) is 13.0 Å². The zero-order valence-corrected chi connectivity index (χ0v) is 12.0. The lowest BCUT2D eigenvalue weighted by Gasteiger charge is -2.11. The highest BCUT2D eigenvalue weighted by Gasteiger charge is 2.24. The Balaban J connectivity index is 2.00. The molecule has 1 atom stereocenters. The predicted molar refractivity (Wildman–Crippen MR) is 76.4 cm³/mol. The highest BCUT2D eigenvalue weighted by Crippen LogP contribution is 2.26. The maximum absolute atomic E-state index is 11.3. The van der Waals surface area contributed by atoms with Crippen molar-refractivity contribution in [1.29, 1.82) is 0 Å². The molecule has 1 aliphatic heterocycles. The molecule has 21 heavy (non-hydrogen) atoms. The van der Waals surface area contributed by atoms with Crippen molar-refractivity contribution >= 4 is 17.6 Å². The average molecular weight is 308 g/mol. The SMILES string of the molecule is O=C(O)c1nnn(CC2CCOC2)c1-c1ccc(Cl)cc1. The second kappa shape index (κ2) is 5.83.